The fourth-order valence-corrected chi connectivity index (χ4v) is 8.88. The molecule has 3 aliphatic rings. The second-order valence-electron chi connectivity index (χ2n) is 17.1. The van der Waals surface area contributed by atoms with Crippen LogP contribution in [0.2, 0.25) is 0 Å². The van der Waals surface area contributed by atoms with Gasteiger partial charge in [0.05, 0.1) is 53.8 Å². The molecule has 9 rings (SSSR count). The summed E-state index contributed by atoms with van der Waals surface area (Å²) in [5.74, 6) is 0.0466. The van der Waals surface area contributed by atoms with Crippen molar-refractivity contribution in [2.75, 3.05) is 38.1 Å². The van der Waals surface area contributed by atoms with Crippen molar-refractivity contribution in [2.45, 2.75) is 82.9 Å². The van der Waals surface area contributed by atoms with E-state index in [0.29, 0.717) is 43.8 Å². The highest BCUT2D eigenvalue weighted by molar-refractivity contribution is 6.04. The van der Waals surface area contributed by atoms with E-state index in [-0.39, 0.29) is 47.1 Å². The molecule has 1 saturated heterocycles. The number of fused-ring (bicyclic) bond motifs is 1. The first kappa shape index (κ1) is 43.1. The van der Waals surface area contributed by atoms with E-state index in [4.69, 9.17) is 9.15 Å². The Kier molecular flexibility index (Phi) is 12.7. The number of anilines is 1. The van der Waals surface area contributed by atoms with Crippen molar-refractivity contribution in [1.29, 1.82) is 0 Å². The fraction of sp³-hybridized carbons (Fsp3) is 0.426. The number of nitrogens with zero attached hydrogens (tertiary/aromatic N) is 7. The predicted molar refractivity (Wildman–Crippen MR) is 234 cm³/mol. The second kappa shape index (κ2) is 18.9. The number of pyridine rings is 1. The SMILES string of the molecule is Cn1c(=O)n(C2CCC(=O)CC2=O)c2cccc(CCCN3CCO[C@H](CNCc4ccc(-n5cc(NC(=O)c6coc(-c7ccnc(CCC8CC8)c7)n6)c(C(F)F)n5)cc4)C3)c21. The molecule has 1 aliphatic heterocycles. The van der Waals surface area contributed by atoms with E-state index in [1.54, 1.807) is 40.6 Å². The molecule has 1 amide bonds. The van der Waals surface area contributed by atoms with Crippen LogP contribution in [-0.2, 0) is 40.8 Å². The zero-order valence-electron chi connectivity index (χ0n) is 35.7. The van der Waals surface area contributed by atoms with Gasteiger partial charge in [-0.2, -0.15) is 5.10 Å². The number of ketones is 2. The summed E-state index contributed by atoms with van der Waals surface area (Å²) >= 11 is 0. The average molecular weight is 876 g/mol. The van der Waals surface area contributed by atoms with Gasteiger partial charge in [-0.25, -0.2) is 23.2 Å². The maximum absolute atomic E-state index is 14.1. The van der Waals surface area contributed by atoms with Gasteiger partial charge in [-0.3, -0.25) is 33.4 Å². The molecule has 2 N–H and O–H groups in total. The molecule has 0 bridgehead atoms. The number of Topliss-reactive ketones (excluding diaryl/α,β-unsaturated/α-hetero) is 2. The van der Waals surface area contributed by atoms with Crippen molar-refractivity contribution in [3.63, 3.8) is 0 Å². The molecule has 6 aromatic rings. The number of hydrogen-bond acceptors (Lipinski definition) is 11. The van der Waals surface area contributed by atoms with Crippen LogP contribution in [0.1, 0.15) is 90.4 Å². The Morgan fingerprint density at radius 1 is 1.03 bits per heavy atom. The molecule has 0 radical (unpaired) electrons. The van der Waals surface area contributed by atoms with Gasteiger partial charge in [0.15, 0.2) is 17.2 Å². The molecule has 0 spiro atoms. The number of alkyl halides is 2. The van der Waals surface area contributed by atoms with E-state index < -0.39 is 24.1 Å². The summed E-state index contributed by atoms with van der Waals surface area (Å²) < 4.78 is 44.5. The number of morpholine rings is 1. The predicted octanol–water partition coefficient (Wildman–Crippen LogP) is 6.39. The number of aryl methyl sites for hydroxylation is 3. The third kappa shape index (κ3) is 9.66. The van der Waals surface area contributed by atoms with Gasteiger partial charge in [0.1, 0.15) is 12.0 Å². The minimum absolute atomic E-state index is 0.00868. The van der Waals surface area contributed by atoms with E-state index >= 15 is 0 Å². The maximum atomic E-state index is 14.1. The number of para-hydroxylation sites is 1. The van der Waals surface area contributed by atoms with Crippen LogP contribution in [0.15, 0.2) is 82.5 Å². The van der Waals surface area contributed by atoms with Crippen molar-refractivity contribution in [1.82, 2.24) is 39.1 Å². The van der Waals surface area contributed by atoms with Crippen LogP contribution >= 0.6 is 0 Å². The molecule has 334 valence electrons. The lowest BCUT2D eigenvalue weighted by Gasteiger charge is -2.33. The first-order valence-electron chi connectivity index (χ1n) is 22.0. The number of amides is 1. The lowest BCUT2D eigenvalue weighted by Crippen LogP contribution is -2.46. The quantitative estimate of drug-likeness (QED) is 0.0973. The summed E-state index contributed by atoms with van der Waals surface area (Å²) in [5.41, 5.74) is 4.77. The molecular weight excluding hydrogens is 825 g/mol. The molecule has 2 atom stereocenters. The largest absolute Gasteiger partial charge is 0.444 e. The Balaban J connectivity index is 0.752. The second-order valence-corrected chi connectivity index (χ2v) is 17.1. The van der Waals surface area contributed by atoms with Crippen LogP contribution in [0.3, 0.4) is 0 Å². The van der Waals surface area contributed by atoms with Crippen molar-refractivity contribution < 1.29 is 32.3 Å². The number of halogens is 2. The lowest BCUT2D eigenvalue weighted by molar-refractivity contribution is -0.132. The summed E-state index contributed by atoms with van der Waals surface area (Å²) in [6, 6.07) is 16.2. The van der Waals surface area contributed by atoms with Crippen molar-refractivity contribution in [3.8, 4) is 17.1 Å². The number of benzene rings is 2. The van der Waals surface area contributed by atoms with Gasteiger partial charge in [0.25, 0.3) is 12.3 Å². The third-order valence-electron chi connectivity index (χ3n) is 12.5. The number of aromatic nitrogens is 6. The molecule has 2 saturated carbocycles. The van der Waals surface area contributed by atoms with E-state index in [2.05, 4.69) is 30.6 Å². The first-order valence-corrected chi connectivity index (χ1v) is 22.0. The molecular formula is C47H51F2N9O6. The first-order chi connectivity index (χ1) is 31.1. The number of hydrogen-bond donors (Lipinski definition) is 2. The van der Waals surface area contributed by atoms with Crippen LogP contribution in [-0.4, -0.2) is 90.1 Å². The van der Waals surface area contributed by atoms with Gasteiger partial charge in [-0.1, -0.05) is 37.1 Å². The summed E-state index contributed by atoms with van der Waals surface area (Å²) in [5, 5.41) is 10.1. The molecule has 15 nitrogen and oxygen atoms in total. The van der Waals surface area contributed by atoms with Crippen LogP contribution in [0.4, 0.5) is 14.5 Å². The van der Waals surface area contributed by atoms with Crippen LogP contribution in [0.25, 0.3) is 28.2 Å². The number of carbonyl (C=O) groups is 3. The molecule has 64 heavy (non-hydrogen) atoms. The van der Waals surface area contributed by atoms with Crippen molar-refractivity contribution in [3.05, 3.63) is 112 Å². The molecule has 2 aromatic carbocycles. The molecule has 5 heterocycles. The summed E-state index contributed by atoms with van der Waals surface area (Å²) in [6.45, 7) is 4.26. The van der Waals surface area contributed by atoms with Crippen LogP contribution < -0.4 is 16.3 Å². The lowest BCUT2D eigenvalue weighted by atomic mass is 9.92. The molecule has 17 heteroatoms. The van der Waals surface area contributed by atoms with Crippen molar-refractivity contribution in [2.24, 2.45) is 13.0 Å². The summed E-state index contributed by atoms with van der Waals surface area (Å²) in [4.78, 5) is 62.3. The number of nitrogens with one attached hydrogen (secondary N) is 2. The van der Waals surface area contributed by atoms with Gasteiger partial charge in [0, 0.05) is 57.1 Å². The van der Waals surface area contributed by atoms with Crippen LogP contribution in [0.5, 0.6) is 0 Å². The Bertz CT molecular complexity index is 2720. The Morgan fingerprint density at radius 2 is 1.88 bits per heavy atom. The standard InChI is InChI=1S/C47H51F2N9O6/c1-55-43-31(4-2-6-40(43)58(47(55)62)39-16-15-35(59)23-41(39)60)5-3-19-56-20-21-63-36(26-56)25-50-24-30-10-13-34(14-11-30)57-27-37(42(54-57)44(48)49)52-45(61)38-28-64-46(53-38)32-17-18-51-33(22-32)12-9-29-7-8-29/h2,4,6,10-11,13-14,17-18,22,27-29,36,39,44,50H,3,5,7-9,12,15-16,19-21,23-26H2,1H3,(H,52,61)/t36-,39?/m1/s1. The van der Waals surface area contributed by atoms with Gasteiger partial charge < -0.3 is 19.8 Å². The molecule has 4 aromatic heterocycles. The highest BCUT2D eigenvalue weighted by atomic mass is 19.3. The summed E-state index contributed by atoms with van der Waals surface area (Å²) in [6.07, 6.45) is 7.95. The Hall–Kier alpha value is -6.17. The highest BCUT2D eigenvalue weighted by Gasteiger charge is 2.32. The average Bonchev–Trinajstić information content (AvgIpc) is 3.70. The minimum Gasteiger partial charge on any atom is -0.444 e. The van der Waals surface area contributed by atoms with E-state index in [0.717, 1.165) is 79.1 Å². The maximum Gasteiger partial charge on any atom is 0.329 e. The fourth-order valence-electron chi connectivity index (χ4n) is 8.88. The summed E-state index contributed by atoms with van der Waals surface area (Å²) in [7, 11) is 1.74. The molecule has 2 aliphatic carbocycles. The zero-order chi connectivity index (χ0) is 44.3. The Labute approximate surface area is 367 Å². The number of carbonyl (C=O) groups excluding carboxylic acids is 3. The zero-order valence-corrected chi connectivity index (χ0v) is 35.7. The van der Waals surface area contributed by atoms with Crippen molar-refractivity contribution >= 4 is 34.2 Å². The number of ether oxygens (including phenoxy) is 1. The third-order valence-corrected chi connectivity index (χ3v) is 12.5. The smallest absolute Gasteiger partial charge is 0.329 e. The minimum atomic E-state index is -2.93. The topological polar surface area (TPSA) is 171 Å². The van der Waals surface area contributed by atoms with Gasteiger partial charge in [-0.15, -0.1) is 0 Å². The number of rotatable bonds is 17. The highest BCUT2D eigenvalue weighted by Crippen LogP contribution is 2.34. The normalized spacial score (nSPS) is 18.4. The van der Waals surface area contributed by atoms with Gasteiger partial charge >= 0.3 is 5.69 Å². The molecule has 3 fully saturated rings. The van der Waals surface area contributed by atoms with Gasteiger partial charge in [0.2, 0.25) is 5.89 Å². The van der Waals surface area contributed by atoms with Gasteiger partial charge in [-0.05, 0) is 86.0 Å². The monoisotopic (exact) mass is 875 g/mol. The number of imidazole rings is 1. The van der Waals surface area contributed by atoms with E-state index in [1.165, 1.54) is 30.0 Å². The Morgan fingerprint density at radius 3 is 2.67 bits per heavy atom. The molecule has 1 unspecified atom stereocenters. The van der Waals surface area contributed by atoms with Crippen LogP contribution in [0, 0.1) is 5.92 Å². The van der Waals surface area contributed by atoms with E-state index in [9.17, 15) is 28.0 Å². The number of oxazole rings is 1. The van der Waals surface area contributed by atoms with E-state index in [1.807, 2.05) is 36.4 Å².